The quantitative estimate of drug-likeness (QED) is 0.726. The molecule has 5 nitrogen and oxygen atoms in total. The summed E-state index contributed by atoms with van der Waals surface area (Å²) in [5.74, 6) is 1.31. The standard InChI is InChI=1S/C19H23N5.C2H6/c1-13-11-24(19-17(13)18(20)22-12-23-19)16-7-15(8-16)10-21-9-14-5-3-2-4-6-14;1-2/h2-6,11-12,15-16,21H,7-10H2,1H3,(H2,20,22,23);1-2H3. The van der Waals surface area contributed by atoms with Gasteiger partial charge in [-0.15, -0.1) is 0 Å². The monoisotopic (exact) mass is 351 g/mol. The number of hydrogen-bond donors (Lipinski definition) is 2. The molecular formula is C21H29N5. The van der Waals surface area contributed by atoms with E-state index in [1.807, 2.05) is 13.8 Å². The van der Waals surface area contributed by atoms with Gasteiger partial charge in [0.1, 0.15) is 17.8 Å². The maximum Gasteiger partial charge on any atom is 0.145 e. The maximum absolute atomic E-state index is 6.00. The molecule has 4 rings (SSSR count). The third kappa shape index (κ3) is 3.73. The zero-order chi connectivity index (χ0) is 18.5. The summed E-state index contributed by atoms with van der Waals surface area (Å²) in [5, 5.41) is 4.58. The molecule has 5 heteroatoms. The van der Waals surface area contributed by atoms with Crippen LogP contribution in [0.25, 0.3) is 11.0 Å². The molecule has 0 radical (unpaired) electrons. The summed E-state index contributed by atoms with van der Waals surface area (Å²) in [4.78, 5) is 8.56. The van der Waals surface area contributed by atoms with Crippen LogP contribution in [0, 0.1) is 12.8 Å². The Hall–Kier alpha value is -2.40. The molecule has 0 saturated heterocycles. The summed E-state index contributed by atoms with van der Waals surface area (Å²) < 4.78 is 2.29. The van der Waals surface area contributed by atoms with E-state index in [9.17, 15) is 0 Å². The Balaban J connectivity index is 0.000000948. The van der Waals surface area contributed by atoms with E-state index in [0.717, 1.165) is 35.6 Å². The van der Waals surface area contributed by atoms with Crippen molar-refractivity contribution < 1.29 is 0 Å². The van der Waals surface area contributed by atoms with E-state index < -0.39 is 0 Å². The molecule has 1 aliphatic rings. The van der Waals surface area contributed by atoms with Crippen molar-refractivity contribution in [3.63, 3.8) is 0 Å². The summed E-state index contributed by atoms with van der Waals surface area (Å²) in [6.07, 6.45) is 6.11. The van der Waals surface area contributed by atoms with Crippen molar-refractivity contribution in [1.82, 2.24) is 19.9 Å². The Bertz CT molecular complexity index is 834. The van der Waals surface area contributed by atoms with E-state index in [1.165, 1.54) is 18.4 Å². The van der Waals surface area contributed by atoms with Gasteiger partial charge >= 0.3 is 0 Å². The van der Waals surface area contributed by atoms with Crippen molar-refractivity contribution in [3.05, 3.63) is 54.0 Å². The van der Waals surface area contributed by atoms with Gasteiger partial charge in [0, 0.05) is 18.8 Å². The normalized spacial score (nSPS) is 18.9. The Morgan fingerprint density at radius 2 is 1.88 bits per heavy atom. The lowest BCUT2D eigenvalue weighted by molar-refractivity contribution is 0.196. The fraction of sp³-hybridized carbons (Fsp3) is 0.429. The molecule has 1 aromatic carbocycles. The average Bonchev–Trinajstić information content (AvgIpc) is 2.97. The van der Waals surface area contributed by atoms with E-state index in [2.05, 4.69) is 63.3 Å². The Morgan fingerprint density at radius 3 is 2.62 bits per heavy atom. The first kappa shape index (κ1) is 18.4. The minimum absolute atomic E-state index is 0.527. The largest absolute Gasteiger partial charge is 0.383 e. The van der Waals surface area contributed by atoms with Crippen molar-refractivity contribution in [2.45, 2.75) is 46.2 Å². The molecule has 0 unspecified atom stereocenters. The number of nitrogens with one attached hydrogen (secondary N) is 1. The van der Waals surface area contributed by atoms with Gasteiger partial charge in [0.05, 0.1) is 5.39 Å². The first-order chi connectivity index (χ1) is 12.7. The van der Waals surface area contributed by atoms with Crippen LogP contribution in [0.15, 0.2) is 42.9 Å². The van der Waals surface area contributed by atoms with Gasteiger partial charge in [-0.25, -0.2) is 9.97 Å². The van der Waals surface area contributed by atoms with Crippen LogP contribution in [0.3, 0.4) is 0 Å². The van der Waals surface area contributed by atoms with Crippen molar-refractivity contribution in [2.24, 2.45) is 5.92 Å². The number of nitrogen functional groups attached to an aromatic ring is 1. The Morgan fingerprint density at radius 1 is 1.15 bits per heavy atom. The first-order valence-corrected chi connectivity index (χ1v) is 9.54. The first-order valence-electron chi connectivity index (χ1n) is 9.54. The fourth-order valence-corrected chi connectivity index (χ4v) is 3.69. The number of aromatic nitrogens is 3. The number of aryl methyl sites for hydroxylation is 1. The highest BCUT2D eigenvalue weighted by molar-refractivity contribution is 5.89. The molecule has 2 aromatic heterocycles. The topological polar surface area (TPSA) is 68.8 Å². The van der Waals surface area contributed by atoms with Gasteiger partial charge in [0.15, 0.2) is 0 Å². The van der Waals surface area contributed by atoms with Gasteiger partial charge in [0.2, 0.25) is 0 Å². The molecule has 0 bridgehead atoms. The summed E-state index contributed by atoms with van der Waals surface area (Å²) in [7, 11) is 0. The van der Waals surface area contributed by atoms with E-state index in [4.69, 9.17) is 5.73 Å². The molecule has 0 atom stereocenters. The lowest BCUT2D eigenvalue weighted by atomic mass is 9.80. The molecule has 3 N–H and O–H groups in total. The third-order valence-corrected chi connectivity index (χ3v) is 5.04. The van der Waals surface area contributed by atoms with E-state index in [-0.39, 0.29) is 0 Å². The minimum Gasteiger partial charge on any atom is -0.383 e. The van der Waals surface area contributed by atoms with Crippen LogP contribution in [0.4, 0.5) is 5.82 Å². The van der Waals surface area contributed by atoms with Crippen LogP contribution in [-0.4, -0.2) is 21.1 Å². The number of benzene rings is 1. The number of fused-ring (bicyclic) bond motifs is 1. The smallest absolute Gasteiger partial charge is 0.145 e. The van der Waals surface area contributed by atoms with Gasteiger partial charge in [-0.05, 0) is 43.4 Å². The molecule has 138 valence electrons. The molecule has 26 heavy (non-hydrogen) atoms. The molecule has 2 heterocycles. The molecule has 1 fully saturated rings. The van der Waals surface area contributed by atoms with Gasteiger partial charge in [-0.1, -0.05) is 44.2 Å². The van der Waals surface area contributed by atoms with Crippen LogP contribution in [-0.2, 0) is 6.54 Å². The van der Waals surface area contributed by atoms with Gasteiger partial charge in [0.25, 0.3) is 0 Å². The predicted octanol–water partition coefficient (Wildman–Crippen LogP) is 4.09. The number of nitrogens with zero attached hydrogens (tertiary/aromatic N) is 3. The average molecular weight is 351 g/mol. The predicted molar refractivity (Wildman–Crippen MR) is 108 cm³/mol. The van der Waals surface area contributed by atoms with Crippen LogP contribution in [0.2, 0.25) is 0 Å². The van der Waals surface area contributed by atoms with Crippen LogP contribution < -0.4 is 11.1 Å². The van der Waals surface area contributed by atoms with Crippen molar-refractivity contribution in [2.75, 3.05) is 12.3 Å². The van der Waals surface area contributed by atoms with Gasteiger partial charge < -0.3 is 15.6 Å². The van der Waals surface area contributed by atoms with E-state index >= 15 is 0 Å². The van der Waals surface area contributed by atoms with Crippen molar-refractivity contribution >= 4 is 16.9 Å². The van der Waals surface area contributed by atoms with E-state index in [1.54, 1.807) is 6.33 Å². The summed E-state index contributed by atoms with van der Waals surface area (Å²) >= 11 is 0. The summed E-state index contributed by atoms with van der Waals surface area (Å²) in [5.41, 5.74) is 9.48. The van der Waals surface area contributed by atoms with Crippen LogP contribution >= 0.6 is 0 Å². The second-order valence-corrected chi connectivity index (χ2v) is 6.78. The lowest BCUT2D eigenvalue weighted by Gasteiger charge is -2.36. The molecule has 3 aromatic rings. The fourth-order valence-electron chi connectivity index (χ4n) is 3.69. The molecule has 0 amide bonds. The highest BCUT2D eigenvalue weighted by atomic mass is 15.1. The van der Waals surface area contributed by atoms with Gasteiger partial charge in [-0.3, -0.25) is 0 Å². The van der Waals surface area contributed by atoms with E-state index in [0.29, 0.717) is 11.9 Å². The number of rotatable bonds is 5. The highest BCUT2D eigenvalue weighted by Gasteiger charge is 2.31. The second-order valence-electron chi connectivity index (χ2n) is 6.78. The Labute approximate surface area is 155 Å². The molecule has 0 aliphatic heterocycles. The molecule has 0 spiro atoms. The highest BCUT2D eigenvalue weighted by Crippen LogP contribution is 2.40. The molecule has 1 saturated carbocycles. The van der Waals surface area contributed by atoms with Gasteiger partial charge in [-0.2, -0.15) is 0 Å². The van der Waals surface area contributed by atoms with Crippen molar-refractivity contribution in [1.29, 1.82) is 0 Å². The number of hydrogen-bond acceptors (Lipinski definition) is 4. The minimum atomic E-state index is 0.527. The number of nitrogens with two attached hydrogens (primary N) is 1. The molecular weight excluding hydrogens is 322 g/mol. The number of anilines is 1. The SMILES string of the molecule is CC.Cc1cn(C2CC(CNCc3ccccc3)C2)c2ncnc(N)c12. The zero-order valence-electron chi connectivity index (χ0n) is 15.9. The zero-order valence-corrected chi connectivity index (χ0v) is 15.9. The Kier molecular flexibility index (Phi) is 5.89. The summed E-state index contributed by atoms with van der Waals surface area (Å²) in [6.45, 7) is 8.09. The maximum atomic E-state index is 6.00. The molecule has 1 aliphatic carbocycles. The van der Waals surface area contributed by atoms with Crippen LogP contribution in [0.1, 0.15) is 43.9 Å². The van der Waals surface area contributed by atoms with Crippen LogP contribution in [0.5, 0.6) is 0 Å². The van der Waals surface area contributed by atoms with Crippen molar-refractivity contribution in [3.8, 4) is 0 Å². The summed E-state index contributed by atoms with van der Waals surface area (Å²) in [6, 6.07) is 11.1. The lowest BCUT2D eigenvalue weighted by Crippen LogP contribution is -2.34. The third-order valence-electron chi connectivity index (χ3n) is 5.04. The second kappa shape index (κ2) is 8.32.